The first-order chi connectivity index (χ1) is 5.86. The fourth-order valence-corrected chi connectivity index (χ4v) is 1.10. The van der Waals surface area contributed by atoms with Crippen molar-refractivity contribution in [3.63, 3.8) is 0 Å². The van der Waals surface area contributed by atoms with Gasteiger partial charge >= 0.3 is 0 Å². The van der Waals surface area contributed by atoms with Crippen molar-refractivity contribution in [2.75, 3.05) is 0 Å². The predicted octanol–water partition coefficient (Wildman–Crippen LogP) is 3.75. The van der Waals surface area contributed by atoms with Crippen LogP contribution in [0.2, 0.25) is 0 Å². The van der Waals surface area contributed by atoms with Crippen molar-refractivity contribution >= 4 is 12.2 Å². The van der Waals surface area contributed by atoms with Crippen molar-refractivity contribution in [3.05, 3.63) is 47.5 Å². The Hall–Kier alpha value is -1.30. The molecule has 0 bridgehead atoms. The summed E-state index contributed by atoms with van der Waals surface area (Å²) in [7, 11) is 0. The van der Waals surface area contributed by atoms with Gasteiger partial charge in [0.2, 0.25) is 0 Å². The van der Waals surface area contributed by atoms with Crippen LogP contribution in [0.3, 0.4) is 0 Å². The van der Waals surface area contributed by atoms with Crippen molar-refractivity contribution in [1.82, 2.24) is 0 Å². The Kier molecular flexibility index (Phi) is 3.34. The monoisotopic (exact) mass is 158 g/mol. The van der Waals surface area contributed by atoms with Gasteiger partial charge in [-0.3, -0.25) is 0 Å². The van der Waals surface area contributed by atoms with Crippen LogP contribution in [0.15, 0.2) is 36.4 Å². The molecule has 0 nitrogen and oxygen atoms in total. The minimum atomic E-state index is 1.26. The van der Waals surface area contributed by atoms with Crippen LogP contribution in [0.5, 0.6) is 0 Å². The summed E-state index contributed by atoms with van der Waals surface area (Å²) in [5, 5.41) is 0. The van der Waals surface area contributed by atoms with E-state index in [4.69, 9.17) is 0 Å². The SMILES string of the molecule is C/C=C\c1ccc(/C=C\C)cc1. The molecule has 0 unspecified atom stereocenters. The van der Waals surface area contributed by atoms with Crippen LogP contribution < -0.4 is 0 Å². The predicted molar refractivity (Wildman–Crippen MR) is 55.9 cm³/mol. The molecule has 0 aliphatic rings. The third-order valence-corrected chi connectivity index (χ3v) is 1.65. The lowest BCUT2D eigenvalue weighted by molar-refractivity contribution is 1.60. The van der Waals surface area contributed by atoms with Gasteiger partial charge in [-0.15, -0.1) is 0 Å². The van der Waals surface area contributed by atoms with Gasteiger partial charge in [0.05, 0.1) is 0 Å². The number of hydrogen-bond acceptors (Lipinski definition) is 0. The van der Waals surface area contributed by atoms with Crippen LogP contribution in [0.4, 0.5) is 0 Å². The fraction of sp³-hybridized carbons (Fsp3) is 0.167. The lowest BCUT2D eigenvalue weighted by Gasteiger charge is -1.94. The van der Waals surface area contributed by atoms with E-state index in [1.54, 1.807) is 0 Å². The third-order valence-electron chi connectivity index (χ3n) is 1.65. The Morgan fingerprint density at radius 1 is 0.750 bits per heavy atom. The molecule has 0 aliphatic heterocycles. The van der Waals surface area contributed by atoms with E-state index in [-0.39, 0.29) is 0 Å². The molecule has 1 aromatic carbocycles. The van der Waals surface area contributed by atoms with Gasteiger partial charge in [-0.1, -0.05) is 48.6 Å². The van der Waals surface area contributed by atoms with E-state index in [0.29, 0.717) is 0 Å². The molecule has 0 atom stereocenters. The zero-order valence-corrected chi connectivity index (χ0v) is 7.62. The van der Waals surface area contributed by atoms with E-state index in [1.165, 1.54) is 11.1 Å². The second kappa shape index (κ2) is 4.55. The molecule has 0 saturated heterocycles. The minimum Gasteiger partial charge on any atom is -0.0871 e. The smallest absolute Gasteiger partial charge is 0.0260 e. The molecule has 0 aliphatic carbocycles. The molecule has 62 valence electrons. The molecule has 0 N–H and O–H groups in total. The first-order valence-electron chi connectivity index (χ1n) is 4.22. The molecule has 0 amide bonds. The van der Waals surface area contributed by atoms with Crippen LogP contribution in [-0.2, 0) is 0 Å². The summed E-state index contributed by atoms with van der Waals surface area (Å²) in [5.41, 5.74) is 2.51. The Morgan fingerprint density at radius 3 is 1.33 bits per heavy atom. The average Bonchev–Trinajstić information content (AvgIpc) is 2.09. The van der Waals surface area contributed by atoms with E-state index in [1.807, 2.05) is 26.0 Å². The summed E-state index contributed by atoms with van der Waals surface area (Å²) in [4.78, 5) is 0. The summed E-state index contributed by atoms with van der Waals surface area (Å²) in [6.07, 6.45) is 8.29. The number of hydrogen-bond donors (Lipinski definition) is 0. The summed E-state index contributed by atoms with van der Waals surface area (Å²) < 4.78 is 0. The number of allylic oxidation sites excluding steroid dienone is 2. The van der Waals surface area contributed by atoms with Crippen LogP contribution in [0.1, 0.15) is 25.0 Å². The minimum absolute atomic E-state index is 1.26. The van der Waals surface area contributed by atoms with E-state index in [9.17, 15) is 0 Å². The van der Waals surface area contributed by atoms with E-state index >= 15 is 0 Å². The fourth-order valence-electron chi connectivity index (χ4n) is 1.10. The zero-order chi connectivity index (χ0) is 8.81. The highest BCUT2D eigenvalue weighted by Gasteiger charge is 1.85. The molecular weight excluding hydrogens is 144 g/mol. The lowest BCUT2D eigenvalue weighted by Crippen LogP contribution is -1.73. The maximum absolute atomic E-state index is 2.12. The van der Waals surface area contributed by atoms with Crippen molar-refractivity contribution in [1.29, 1.82) is 0 Å². The van der Waals surface area contributed by atoms with Crippen molar-refractivity contribution < 1.29 is 0 Å². The Balaban J connectivity index is 2.85. The topological polar surface area (TPSA) is 0 Å². The van der Waals surface area contributed by atoms with E-state index in [0.717, 1.165) is 0 Å². The van der Waals surface area contributed by atoms with Gasteiger partial charge in [-0.2, -0.15) is 0 Å². The van der Waals surface area contributed by atoms with Gasteiger partial charge in [0, 0.05) is 0 Å². The van der Waals surface area contributed by atoms with Gasteiger partial charge in [0.1, 0.15) is 0 Å². The molecule has 1 aromatic rings. The lowest BCUT2D eigenvalue weighted by atomic mass is 10.1. The molecule has 1 rings (SSSR count). The highest BCUT2D eigenvalue weighted by Crippen LogP contribution is 2.07. The van der Waals surface area contributed by atoms with Gasteiger partial charge in [-0.25, -0.2) is 0 Å². The Morgan fingerprint density at radius 2 is 1.08 bits per heavy atom. The van der Waals surface area contributed by atoms with E-state index < -0.39 is 0 Å². The molecule has 0 spiro atoms. The largest absolute Gasteiger partial charge is 0.0871 e. The molecule has 0 fully saturated rings. The van der Waals surface area contributed by atoms with Gasteiger partial charge in [0.25, 0.3) is 0 Å². The number of benzene rings is 1. The third kappa shape index (κ3) is 2.39. The normalized spacial score (nSPS) is 11.5. The molecule has 0 radical (unpaired) electrons. The van der Waals surface area contributed by atoms with E-state index in [2.05, 4.69) is 36.4 Å². The second-order valence-electron chi connectivity index (χ2n) is 2.67. The highest BCUT2D eigenvalue weighted by molar-refractivity contribution is 5.55. The summed E-state index contributed by atoms with van der Waals surface area (Å²) in [6.45, 7) is 4.06. The quantitative estimate of drug-likeness (QED) is 0.615. The standard InChI is InChI=1S/C12H14/c1-3-5-11-7-9-12(6-4-2)10-8-11/h3-10H,1-2H3/b5-3-,6-4-. The first-order valence-corrected chi connectivity index (χ1v) is 4.22. The average molecular weight is 158 g/mol. The molecule has 0 saturated carbocycles. The maximum Gasteiger partial charge on any atom is -0.0260 e. The summed E-state index contributed by atoms with van der Waals surface area (Å²) in [6, 6.07) is 8.48. The van der Waals surface area contributed by atoms with Crippen LogP contribution in [-0.4, -0.2) is 0 Å². The van der Waals surface area contributed by atoms with Crippen molar-refractivity contribution in [2.45, 2.75) is 13.8 Å². The zero-order valence-electron chi connectivity index (χ0n) is 7.62. The van der Waals surface area contributed by atoms with Crippen molar-refractivity contribution in [3.8, 4) is 0 Å². The van der Waals surface area contributed by atoms with Crippen LogP contribution in [0.25, 0.3) is 12.2 Å². The van der Waals surface area contributed by atoms with Gasteiger partial charge < -0.3 is 0 Å². The maximum atomic E-state index is 2.12. The summed E-state index contributed by atoms with van der Waals surface area (Å²) in [5.74, 6) is 0. The second-order valence-corrected chi connectivity index (χ2v) is 2.67. The number of rotatable bonds is 2. The Bertz CT molecular complexity index is 244. The van der Waals surface area contributed by atoms with Gasteiger partial charge in [-0.05, 0) is 25.0 Å². The molecule has 12 heavy (non-hydrogen) atoms. The van der Waals surface area contributed by atoms with Crippen LogP contribution in [0, 0.1) is 0 Å². The van der Waals surface area contributed by atoms with Crippen molar-refractivity contribution in [2.24, 2.45) is 0 Å². The van der Waals surface area contributed by atoms with Gasteiger partial charge in [0.15, 0.2) is 0 Å². The van der Waals surface area contributed by atoms with Crippen LogP contribution >= 0.6 is 0 Å². The molecule has 0 heterocycles. The highest BCUT2D eigenvalue weighted by atomic mass is 13.9. The molecule has 0 aromatic heterocycles. The molecule has 0 heteroatoms. The first kappa shape index (κ1) is 8.79. The Labute approximate surface area is 74.2 Å². The summed E-state index contributed by atoms with van der Waals surface area (Å²) >= 11 is 0. The molecular formula is C12H14.